The van der Waals surface area contributed by atoms with Gasteiger partial charge in [-0.25, -0.2) is 5.43 Å². The maximum atomic E-state index is 11.6. The first-order chi connectivity index (χ1) is 8.61. The molecule has 0 saturated carbocycles. The molecule has 0 aromatic carbocycles. The Bertz CT molecular complexity index is 210. The second-order valence-corrected chi connectivity index (χ2v) is 5.12. The summed E-state index contributed by atoms with van der Waals surface area (Å²) in [6.07, 6.45) is 7.43. The lowest BCUT2D eigenvalue weighted by atomic mass is 9.95. The molecule has 0 rings (SSSR count). The number of rotatable bonds is 11. The van der Waals surface area contributed by atoms with Crippen LogP contribution < -0.4 is 11.0 Å². The SMILES string of the molecule is CCCC(CCCCCCN(C)C)C(=O)N[NH2+][O-]. The molecule has 3 N–H and O–H groups in total. The average Bonchev–Trinajstić information content (AvgIpc) is 2.32. The molecule has 1 amide bonds. The second kappa shape index (κ2) is 11.4. The quantitative estimate of drug-likeness (QED) is 0.252. The fourth-order valence-electron chi connectivity index (χ4n) is 2.10. The monoisotopic (exact) mass is 259 g/mol. The maximum Gasteiger partial charge on any atom is 0.268 e. The summed E-state index contributed by atoms with van der Waals surface area (Å²) >= 11 is 0. The van der Waals surface area contributed by atoms with E-state index in [1.807, 2.05) is 0 Å². The van der Waals surface area contributed by atoms with E-state index >= 15 is 0 Å². The van der Waals surface area contributed by atoms with Crippen molar-refractivity contribution in [3.63, 3.8) is 0 Å². The van der Waals surface area contributed by atoms with Gasteiger partial charge in [0, 0.05) is 5.92 Å². The van der Waals surface area contributed by atoms with Crippen molar-refractivity contribution in [2.24, 2.45) is 5.92 Å². The maximum absolute atomic E-state index is 11.6. The zero-order chi connectivity index (χ0) is 13.8. The lowest BCUT2D eigenvalue weighted by Gasteiger charge is -2.15. The molecule has 1 unspecified atom stereocenters. The minimum Gasteiger partial charge on any atom is -0.609 e. The largest absolute Gasteiger partial charge is 0.609 e. The van der Waals surface area contributed by atoms with Crippen LogP contribution in [0.5, 0.6) is 0 Å². The number of hydrogen-bond donors (Lipinski definition) is 2. The van der Waals surface area contributed by atoms with E-state index in [0.29, 0.717) is 5.59 Å². The van der Waals surface area contributed by atoms with Crippen LogP contribution in [0, 0.1) is 11.1 Å². The third kappa shape index (κ3) is 9.39. The van der Waals surface area contributed by atoms with E-state index < -0.39 is 0 Å². The van der Waals surface area contributed by atoms with Crippen LogP contribution in [-0.2, 0) is 4.79 Å². The van der Waals surface area contributed by atoms with Gasteiger partial charge in [0.05, 0.1) is 0 Å². The molecular formula is C13H29N3O2. The molecule has 5 heteroatoms. The zero-order valence-corrected chi connectivity index (χ0v) is 12.1. The summed E-state index contributed by atoms with van der Waals surface area (Å²) in [4.78, 5) is 13.8. The molecule has 1 atom stereocenters. The van der Waals surface area contributed by atoms with E-state index in [9.17, 15) is 10.0 Å². The second-order valence-electron chi connectivity index (χ2n) is 5.12. The Morgan fingerprint density at radius 1 is 1.22 bits per heavy atom. The molecule has 0 aliphatic rings. The van der Waals surface area contributed by atoms with Crippen LogP contribution in [0.4, 0.5) is 0 Å². The van der Waals surface area contributed by atoms with Crippen molar-refractivity contribution in [1.82, 2.24) is 10.3 Å². The lowest BCUT2D eigenvalue weighted by Crippen LogP contribution is -2.89. The van der Waals surface area contributed by atoms with Crippen molar-refractivity contribution in [2.45, 2.75) is 51.9 Å². The van der Waals surface area contributed by atoms with Crippen molar-refractivity contribution >= 4 is 5.91 Å². The fourth-order valence-corrected chi connectivity index (χ4v) is 2.10. The topological polar surface area (TPSA) is 72.0 Å². The normalized spacial score (nSPS) is 12.7. The lowest BCUT2D eigenvalue weighted by molar-refractivity contribution is -0.637. The predicted molar refractivity (Wildman–Crippen MR) is 73.5 cm³/mol. The molecular weight excluding hydrogens is 230 g/mol. The van der Waals surface area contributed by atoms with Crippen molar-refractivity contribution in [2.75, 3.05) is 20.6 Å². The molecule has 5 nitrogen and oxygen atoms in total. The summed E-state index contributed by atoms with van der Waals surface area (Å²) in [5.74, 6) is -0.103. The van der Waals surface area contributed by atoms with E-state index in [1.165, 1.54) is 19.3 Å². The number of carbonyl (C=O) groups is 1. The molecule has 0 aromatic heterocycles. The first kappa shape index (κ1) is 17.4. The van der Waals surface area contributed by atoms with Crippen molar-refractivity contribution in [3.8, 4) is 0 Å². The van der Waals surface area contributed by atoms with Crippen LogP contribution in [0.15, 0.2) is 0 Å². The molecule has 0 bridgehead atoms. The molecule has 0 aliphatic carbocycles. The van der Waals surface area contributed by atoms with Crippen molar-refractivity contribution in [1.29, 1.82) is 0 Å². The Morgan fingerprint density at radius 2 is 1.89 bits per heavy atom. The highest BCUT2D eigenvalue weighted by molar-refractivity contribution is 5.77. The fraction of sp³-hybridized carbons (Fsp3) is 0.923. The molecule has 0 spiro atoms. The summed E-state index contributed by atoms with van der Waals surface area (Å²) in [5.41, 5.74) is 2.76. The molecule has 108 valence electrons. The van der Waals surface area contributed by atoms with Gasteiger partial charge in [-0.15, -0.1) is 0 Å². The standard InChI is InChI=1S/C13H29N3O2/c1-4-9-12(13(17)14-15-18)10-7-5-6-8-11-16(2)3/h12H,4-11,15H2,1-3H3,(H,14,17). The van der Waals surface area contributed by atoms with Gasteiger partial charge in [-0.2, -0.15) is 0 Å². The van der Waals surface area contributed by atoms with Gasteiger partial charge in [-0.3, -0.25) is 10.4 Å². The molecule has 0 radical (unpaired) electrons. The molecule has 0 saturated heterocycles. The third-order valence-electron chi connectivity index (χ3n) is 3.12. The Balaban J connectivity index is 3.66. The van der Waals surface area contributed by atoms with Gasteiger partial charge in [0.2, 0.25) is 0 Å². The minimum absolute atomic E-state index is 0.00838. The van der Waals surface area contributed by atoms with Gasteiger partial charge in [0.15, 0.2) is 0 Å². The van der Waals surface area contributed by atoms with Crippen molar-refractivity contribution < 1.29 is 10.4 Å². The van der Waals surface area contributed by atoms with Gasteiger partial charge in [-0.05, 0) is 39.9 Å². The van der Waals surface area contributed by atoms with Crippen LogP contribution in [0.25, 0.3) is 0 Å². The Labute approximate surface area is 111 Å². The average molecular weight is 259 g/mol. The van der Waals surface area contributed by atoms with E-state index in [-0.39, 0.29) is 11.8 Å². The molecule has 0 aromatic rings. The first-order valence-corrected chi connectivity index (χ1v) is 7.00. The molecule has 0 fully saturated rings. The van der Waals surface area contributed by atoms with E-state index in [0.717, 1.165) is 32.2 Å². The number of unbranched alkanes of at least 4 members (excludes halogenated alkanes) is 3. The van der Waals surface area contributed by atoms with E-state index in [4.69, 9.17) is 0 Å². The predicted octanol–water partition coefficient (Wildman–Crippen LogP) is 1.01. The van der Waals surface area contributed by atoms with Crippen LogP contribution in [-0.4, -0.2) is 31.4 Å². The number of hydrogen-bond acceptors (Lipinski definition) is 3. The Morgan fingerprint density at radius 3 is 2.44 bits per heavy atom. The summed E-state index contributed by atoms with van der Waals surface area (Å²) in [6.45, 7) is 3.20. The molecule has 0 aliphatic heterocycles. The highest BCUT2D eigenvalue weighted by atomic mass is 16.5. The van der Waals surface area contributed by atoms with Crippen LogP contribution in [0.2, 0.25) is 0 Å². The smallest absolute Gasteiger partial charge is 0.268 e. The van der Waals surface area contributed by atoms with Gasteiger partial charge in [-0.1, -0.05) is 32.6 Å². The van der Waals surface area contributed by atoms with Crippen molar-refractivity contribution in [3.05, 3.63) is 5.21 Å². The summed E-state index contributed by atoms with van der Waals surface area (Å²) in [6, 6.07) is 0. The number of carbonyl (C=O) groups excluding carboxylic acids is 1. The van der Waals surface area contributed by atoms with E-state index in [1.54, 1.807) is 0 Å². The van der Waals surface area contributed by atoms with Gasteiger partial charge >= 0.3 is 0 Å². The van der Waals surface area contributed by atoms with E-state index in [2.05, 4.69) is 31.3 Å². The Hall–Kier alpha value is -0.650. The summed E-state index contributed by atoms with van der Waals surface area (Å²) < 4.78 is 0. The third-order valence-corrected chi connectivity index (χ3v) is 3.12. The molecule has 18 heavy (non-hydrogen) atoms. The highest BCUT2D eigenvalue weighted by Gasteiger charge is 2.17. The van der Waals surface area contributed by atoms with Crippen LogP contribution >= 0.6 is 0 Å². The van der Waals surface area contributed by atoms with Gasteiger partial charge in [0.1, 0.15) is 0 Å². The first-order valence-electron chi connectivity index (χ1n) is 7.00. The number of nitrogens with zero attached hydrogens (tertiary/aromatic N) is 1. The van der Waals surface area contributed by atoms with Gasteiger partial charge in [0.25, 0.3) is 5.91 Å². The zero-order valence-electron chi connectivity index (χ0n) is 12.1. The number of nitrogens with one attached hydrogen (secondary N) is 1. The molecule has 0 heterocycles. The summed E-state index contributed by atoms with van der Waals surface area (Å²) in [7, 11) is 4.17. The summed E-state index contributed by atoms with van der Waals surface area (Å²) in [5, 5.41) is 10.3. The van der Waals surface area contributed by atoms with Crippen LogP contribution in [0.3, 0.4) is 0 Å². The highest BCUT2D eigenvalue weighted by Crippen LogP contribution is 2.16. The number of quaternary nitrogens is 1. The Kier molecular flexibility index (Phi) is 11.0. The minimum atomic E-state index is -0.111. The number of amides is 1. The van der Waals surface area contributed by atoms with Crippen LogP contribution in [0.1, 0.15) is 51.9 Å². The number of nitrogens with two attached hydrogens (primary N) is 1. The van der Waals surface area contributed by atoms with Gasteiger partial charge < -0.3 is 10.1 Å².